The Bertz CT molecular complexity index is 116. The molecule has 1 rings (SSSR count). The van der Waals surface area contributed by atoms with Crippen LogP contribution in [0.15, 0.2) is 11.6 Å². The van der Waals surface area contributed by atoms with Gasteiger partial charge in [0.2, 0.25) is 0 Å². The van der Waals surface area contributed by atoms with Crippen molar-refractivity contribution >= 4 is 0 Å². The van der Waals surface area contributed by atoms with Gasteiger partial charge in [0.05, 0.1) is 0 Å². The molecule has 0 amide bonds. The molecule has 0 aromatic rings. The summed E-state index contributed by atoms with van der Waals surface area (Å²) < 4.78 is 0. The maximum atomic E-state index is 5.70. The van der Waals surface area contributed by atoms with Gasteiger partial charge in [-0.25, -0.2) is 0 Å². The quantitative estimate of drug-likeness (QED) is 0.468. The van der Waals surface area contributed by atoms with Crippen molar-refractivity contribution in [1.29, 1.82) is 0 Å². The predicted octanol–water partition coefficient (Wildman–Crippen LogP) is 1.30. The zero-order chi connectivity index (χ0) is 6.15. The first-order valence-corrected chi connectivity index (χ1v) is 3.14. The lowest BCUT2D eigenvalue weighted by Crippen LogP contribution is -2.17. The Morgan fingerprint density at radius 2 is 2.38 bits per heavy atom. The fraction of sp³-hybridized carbons (Fsp3) is 0.714. The largest absolute Gasteiger partial charge is 0.324 e. The van der Waals surface area contributed by atoms with E-state index in [9.17, 15) is 0 Å². The van der Waals surface area contributed by atoms with Crippen molar-refractivity contribution in [2.24, 2.45) is 11.7 Å². The number of nitrogens with two attached hydrogens (primary N) is 1. The molecule has 2 atom stereocenters. The molecule has 1 heteroatoms. The lowest BCUT2D eigenvalue weighted by Gasteiger charge is -2.02. The van der Waals surface area contributed by atoms with Crippen molar-refractivity contribution in [2.75, 3.05) is 0 Å². The second kappa shape index (κ2) is 1.90. The van der Waals surface area contributed by atoms with E-state index in [1.54, 1.807) is 0 Å². The average molecular weight is 111 g/mol. The molecular weight excluding hydrogens is 98.1 g/mol. The molecule has 1 aliphatic rings. The van der Waals surface area contributed by atoms with Gasteiger partial charge in [-0.2, -0.15) is 0 Å². The van der Waals surface area contributed by atoms with Crippen LogP contribution in [0.5, 0.6) is 0 Å². The maximum absolute atomic E-state index is 5.70. The van der Waals surface area contributed by atoms with Crippen LogP contribution in [0.1, 0.15) is 20.3 Å². The summed E-state index contributed by atoms with van der Waals surface area (Å²) in [6, 6.07) is 0.352. The highest BCUT2D eigenvalue weighted by Crippen LogP contribution is 2.21. The molecule has 0 unspecified atom stereocenters. The second-order valence-electron chi connectivity index (χ2n) is 2.73. The topological polar surface area (TPSA) is 26.0 Å². The standard InChI is InChI=1S/C7H13N/c1-5-3-6(2)7(8)4-5/h3,5,7H,4,8H2,1-2H3/t5-,7-/m0/s1. The van der Waals surface area contributed by atoms with E-state index in [0.717, 1.165) is 6.42 Å². The molecule has 0 aromatic heterocycles. The SMILES string of the molecule is CC1=C[C@H](C)C[C@@H]1N. The predicted molar refractivity (Wildman–Crippen MR) is 35.5 cm³/mol. The van der Waals surface area contributed by atoms with Crippen molar-refractivity contribution in [3.05, 3.63) is 11.6 Å². The van der Waals surface area contributed by atoms with Gasteiger partial charge in [0.1, 0.15) is 0 Å². The van der Waals surface area contributed by atoms with Gasteiger partial charge >= 0.3 is 0 Å². The van der Waals surface area contributed by atoms with Crippen LogP contribution >= 0.6 is 0 Å². The zero-order valence-electron chi connectivity index (χ0n) is 5.52. The molecule has 2 N–H and O–H groups in total. The fourth-order valence-corrected chi connectivity index (χ4v) is 1.23. The summed E-state index contributed by atoms with van der Waals surface area (Å²) in [4.78, 5) is 0. The van der Waals surface area contributed by atoms with Gasteiger partial charge in [-0.05, 0) is 19.3 Å². The van der Waals surface area contributed by atoms with Gasteiger partial charge in [0.25, 0.3) is 0 Å². The Morgan fingerprint density at radius 1 is 1.75 bits per heavy atom. The molecule has 0 spiro atoms. The van der Waals surface area contributed by atoms with Crippen LogP contribution in [0.3, 0.4) is 0 Å². The molecule has 0 aliphatic heterocycles. The highest BCUT2D eigenvalue weighted by Gasteiger charge is 2.15. The minimum Gasteiger partial charge on any atom is -0.324 e. The van der Waals surface area contributed by atoms with E-state index in [0.29, 0.717) is 12.0 Å². The van der Waals surface area contributed by atoms with Gasteiger partial charge in [0.15, 0.2) is 0 Å². The Morgan fingerprint density at radius 3 is 2.50 bits per heavy atom. The van der Waals surface area contributed by atoms with Gasteiger partial charge < -0.3 is 5.73 Å². The molecule has 1 nitrogen and oxygen atoms in total. The van der Waals surface area contributed by atoms with E-state index in [4.69, 9.17) is 5.73 Å². The van der Waals surface area contributed by atoms with Gasteiger partial charge in [-0.3, -0.25) is 0 Å². The highest BCUT2D eigenvalue weighted by molar-refractivity contribution is 5.14. The Kier molecular flexibility index (Phi) is 1.39. The summed E-state index contributed by atoms with van der Waals surface area (Å²) in [6.07, 6.45) is 3.40. The highest BCUT2D eigenvalue weighted by atomic mass is 14.6. The van der Waals surface area contributed by atoms with Crippen LogP contribution in [0, 0.1) is 5.92 Å². The molecule has 0 saturated carbocycles. The van der Waals surface area contributed by atoms with Crippen LogP contribution in [0.25, 0.3) is 0 Å². The zero-order valence-corrected chi connectivity index (χ0v) is 5.52. The normalized spacial score (nSPS) is 37.6. The molecule has 8 heavy (non-hydrogen) atoms. The number of rotatable bonds is 0. The van der Waals surface area contributed by atoms with Crippen LogP contribution in [-0.4, -0.2) is 6.04 Å². The Balaban J connectivity index is 2.59. The van der Waals surface area contributed by atoms with Crippen molar-refractivity contribution in [2.45, 2.75) is 26.3 Å². The summed E-state index contributed by atoms with van der Waals surface area (Å²) in [7, 11) is 0. The van der Waals surface area contributed by atoms with E-state index in [-0.39, 0.29) is 0 Å². The van der Waals surface area contributed by atoms with Crippen LogP contribution < -0.4 is 5.73 Å². The fourth-order valence-electron chi connectivity index (χ4n) is 1.23. The van der Waals surface area contributed by atoms with Gasteiger partial charge in [-0.1, -0.05) is 18.6 Å². The molecule has 0 fully saturated rings. The van der Waals surface area contributed by atoms with Crippen molar-refractivity contribution in [1.82, 2.24) is 0 Å². The van der Waals surface area contributed by atoms with Crippen molar-refractivity contribution < 1.29 is 0 Å². The van der Waals surface area contributed by atoms with Gasteiger partial charge in [0, 0.05) is 6.04 Å². The minimum atomic E-state index is 0.352. The first-order chi connectivity index (χ1) is 3.70. The summed E-state index contributed by atoms with van der Waals surface area (Å²) in [5.74, 6) is 0.713. The van der Waals surface area contributed by atoms with Crippen molar-refractivity contribution in [3.8, 4) is 0 Å². The second-order valence-corrected chi connectivity index (χ2v) is 2.73. The molecule has 0 aromatic carbocycles. The van der Waals surface area contributed by atoms with Crippen LogP contribution in [-0.2, 0) is 0 Å². The average Bonchev–Trinajstić information content (AvgIpc) is 1.85. The lowest BCUT2D eigenvalue weighted by atomic mass is 10.1. The van der Waals surface area contributed by atoms with Crippen LogP contribution in [0.2, 0.25) is 0 Å². The third-order valence-electron chi connectivity index (χ3n) is 1.76. The third-order valence-corrected chi connectivity index (χ3v) is 1.76. The van der Waals surface area contributed by atoms with E-state index in [2.05, 4.69) is 19.9 Å². The smallest absolute Gasteiger partial charge is 0.0256 e. The van der Waals surface area contributed by atoms with Crippen LogP contribution in [0.4, 0.5) is 0 Å². The van der Waals surface area contributed by atoms with E-state index in [1.165, 1.54) is 5.57 Å². The number of hydrogen-bond donors (Lipinski definition) is 1. The summed E-state index contributed by atoms with van der Waals surface area (Å²) in [5, 5.41) is 0. The number of allylic oxidation sites excluding steroid dienone is 1. The molecule has 0 saturated heterocycles. The Labute approximate surface area is 50.6 Å². The summed E-state index contributed by atoms with van der Waals surface area (Å²) in [6.45, 7) is 4.31. The summed E-state index contributed by atoms with van der Waals surface area (Å²) >= 11 is 0. The molecule has 46 valence electrons. The number of hydrogen-bond acceptors (Lipinski definition) is 1. The third kappa shape index (κ3) is 0.920. The van der Waals surface area contributed by atoms with E-state index in [1.807, 2.05) is 0 Å². The first-order valence-electron chi connectivity index (χ1n) is 3.14. The van der Waals surface area contributed by atoms with Gasteiger partial charge in [-0.15, -0.1) is 0 Å². The summed E-state index contributed by atoms with van der Waals surface area (Å²) in [5.41, 5.74) is 7.06. The molecule has 0 bridgehead atoms. The molecule has 0 radical (unpaired) electrons. The minimum absolute atomic E-state index is 0.352. The molecule has 0 heterocycles. The first kappa shape index (κ1) is 5.83. The van der Waals surface area contributed by atoms with Crippen molar-refractivity contribution in [3.63, 3.8) is 0 Å². The monoisotopic (exact) mass is 111 g/mol. The Hall–Kier alpha value is -0.300. The lowest BCUT2D eigenvalue weighted by molar-refractivity contribution is 0.632. The molecule has 1 aliphatic carbocycles. The maximum Gasteiger partial charge on any atom is 0.0256 e. The van der Waals surface area contributed by atoms with E-state index < -0.39 is 0 Å². The van der Waals surface area contributed by atoms with E-state index >= 15 is 0 Å². The molecular formula is C7H13N.